The minimum Gasteiger partial charge on any atom is -0.419 e. The smallest absolute Gasteiger partial charge is 0.247 e. The summed E-state index contributed by atoms with van der Waals surface area (Å²) in [4.78, 5) is 2.17. The Kier molecular flexibility index (Phi) is 5.85. The van der Waals surface area contributed by atoms with Crippen LogP contribution in [0.1, 0.15) is 26.7 Å². The SMILES string of the molecule is CCn1cnn(CN(Cc2nnc(-c3ccc(Cl)cc3)o2)C(C)C)c1=S. The summed E-state index contributed by atoms with van der Waals surface area (Å²) >= 11 is 11.4. The van der Waals surface area contributed by atoms with Crippen molar-refractivity contribution in [2.75, 3.05) is 0 Å². The molecule has 3 aromatic rings. The molecule has 0 saturated carbocycles. The van der Waals surface area contributed by atoms with Gasteiger partial charge in [0.15, 0.2) is 4.77 Å². The molecule has 0 amide bonds. The number of rotatable bonds is 7. The van der Waals surface area contributed by atoms with Gasteiger partial charge in [0.2, 0.25) is 11.8 Å². The molecule has 1 aromatic carbocycles. The van der Waals surface area contributed by atoms with E-state index in [1.54, 1.807) is 23.1 Å². The summed E-state index contributed by atoms with van der Waals surface area (Å²) in [6.07, 6.45) is 1.76. The Bertz CT molecular complexity index is 914. The molecule has 0 radical (unpaired) electrons. The van der Waals surface area contributed by atoms with Crippen LogP contribution in [0, 0.1) is 4.77 Å². The number of hydrogen-bond acceptors (Lipinski definition) is 6. The highest BCUT2D eigenvalue weighted by Gasteiger charge is 2.17. The predicted octanol–water partition coefficient (Wildman–Crippen LogP) is 4.01. The fourth-order valence-electron chi connectivity index (χ4n) is 2.45. The van der Waals surface area contributed by atoms with E-state index in [4.69, 9.17) is 28.2 Å². The molecular formula is C17H21ClN6OS. The van der Waals surface area contributed by atoms with Gasteiger partial charge in [0.1, 0.15) is 6.33 Å². The highest BCUT2D eigenvalue weighted by atomic mass is 35.5. The Balaban J connectivity index is 1.75. The van der Waals surface area contributed by atoms with Gasteiger partial charge in [0.25, 0.3) is 0 Å². The second-order valence-electron chi connectivity index (χ2n) is 6.19. The van der Waals surface area contributed by atoms with E-state index in [0.29, 0.717) is 34.8 Å². The van der Waals surface area contributed by atoms with Crippen molar-refractivity contribution < 1.29 is 4.42 Å². The van der Waals surface area contributed by atoms with Crippen LogP contribution in [0.15, 0.2) is 35.0 Å². The second-order valence-corrected chi connectivity index (χ2v) is 6.99. The normalized spacial score (nSPS) is 11.6. The van der Waals surface area contributed by atoms with Crippen LogP contribution in [0.3, 0.4) is 0 Å². The Labute approximate surface area is 162 Å². The Hall–Kier alpha value is -2.03. The van der Waals surface area contributed by atoms with E-state index >= 15 is 0 Å². The van der Waals surface area contributed by atoms with E-state index in [1.807, 2.05) is 23.6 Å². The van der Waals surface area contributed by atoms with Crippen molar-refractivity contribution in [1.29, 1.82) is 0 Å². The molecule has 7 nitrogen and oxygen atoms in total. The molecule has 138 valence electrons. The molecule has 0 bridgehead atoms. The minimum atomic E-state index is 0.259. The van der Waals surface area contributed by atoms with Crippen molar-refractivity contribution in [1.82, 2.24) is 29.4 Å². The second kappa shape index (κ2) is 8.11. The maximum atomic E-state index is 5.92. The molecule has 0 atom stereocenters. The molecule has 0 unspecified atom stereocenters. The van der Waals surface area contributed by atoms with E-state index in [2.05, 4.69) is 34.0 Å². The van der Waals surface area contributed by atoms with E-state index in [-0.39, 0.29) is 6.04 Å². The van der Waals surface area contributed by atoms with Crippen LogP contribution in [0.5, 0.6) is 0 Å². The van der Waals surface area contributed by atoms with Crippen LogP contribution in [-0.2, 0) is 19.8 Å². The van der Waals surface area contributed by atoms with E-state index in [0.717, 1.165) is 12.1 Å². The number of aromatic nitrogens is 5. The third kappa shape index (κ3) is 4.20. The van der Waals surface area contributed by atoms with E-state index in [1.165, 1.54) is 0 Å². The van der Waals surface area contributed by atoms with Gasteiger partial charge in [-0.15, -0.1) is 10.2 Å². The third-order valence-corrected chi connectivity index (χ3v) is 4.78. The zero-order chi connectivity index (χ0) is 18.7. The number of halogens is 1. The summed E-state index contributed by atoms with van der Waals surface area (Å²) in [5.41, 5.74) is 0.841. The maximum absolute atomic E-state index is 5.92. The number of hydrogen-bond donors (Lipinski definition) is 0. The first-order chi connectivity index (χ1) is 12.5. The van der Waals surface area contributed by atoms with Crippen molar-refractivity contribution in [2.24, 2.45) is 0 Å². The molecule has 2 aromatic heterocycles. The van der Waals surface area contributed by atoms with Crippen LogP contribution in [-0.4, -0.2) is 35.5 Å². The summed E-state index contributed by atoms with van der Waals surface area (Å²) in [6.45, 7) is 8.13. The molecule has 0 spiro atoms. The van der Waals surface area contributed by atoms with Gasteiger partial charge in [0.05, 0.1) is 13.2 Å². The molecule has 26 heavy (non-hydrogen) atoms. The van der Waals surface area contributed by atoms with Crippen LogP contribution in [0.25, 0.3) is 11.5 Å². The van der Waals surface area contributed by atoms with Crippen molar-refractivity contribution >= 4 is 23.8 Å². The van der Waals surface area contributed by atoms with Gasteiger partial charge in [-0.05, 0) is 57.3 Å². The quantitative estimate of drug-likeness (QED) is 0.566. The molecular weight excluding hydrogens is 372 g/mol. The molecule has 0 N–H and O–H groups in total. The van der Waals surface area contributed by atoms with Gasteiger partial charge < -0.3 is 8.98 Å². The molecule has 0 saturated heterocycles. The average Bonchev–Trinajstić information content (AvgIpc) is 3.22. The van der Waals surface area contributed by atoms with Gasteiger partial charge >= 0.3 is 0 Å². The largest absolute Gasteiger partial charge is 0.419 e. The summed E-state index contributed by atoms with van der Waals surface area (Å²) in [5, 5.41) is 13.3. The van der Waals surface area contributed by atoms with Gasteiger partial charge in [-0.1, -0.05) is 11.6 Å². The zero-order valence-corrected chi connectivity index (χ0v) is 16.5. The molecule has 9 heteroatoms. The van der Waals surface area contributed by atoms with Crippen molar-refractivity contribution in [3.63, 3.8) is 0 Å². The zero-order valence-electron chi connectivity index (χ0n) is 15.0. The average molecular weight is 393 g/mol. The number of aryl methyl sites for hydroxylation is 1. The molecule has 0 fully saturated rings. The fraction of sp³-hybridized carbons (Fsp3) is 0.412. The summed E-state index contributed by atoms with van der Waals surface area (Å²) in [6, 6.07) is 7.57. The first kappa shape index (κ1) is 18.8. The molecule has 0 aliphatic carbocycles. The topological polar surface area (TPSA) is 64.9 Å². The maximum Gasteiger partial charge on any atom is 0.247 e. The highest BCUT2D eigenvalue weighted by molar-refractivity contribution is 7.71. The fourth-order valence-corrected chi connectivity index (χ4v) is 2.86. The summed E-state index contributed by atoms with van der Waals surface area (Å²) < 4.78 is 10.2. The first-order valence-electron chi connectivity index (χ1n) is 8.42. The van der Waals surface area contributed by atoms with Crippen molar-refractivity contribution in [3.05, 3.63) is 46.3 Å². The molecule has 2 heterocycles. The van der Waals surface area contributed by atoms with Gasteiger partial charge in [-0.2, -0.15) is 5.10 Å². The van der Waals surface area contributed by atoms with Gasteiger partial charge in [-0.3, -0.25) is 4.90 Å². The molecule has 3 rings (SSSR count). The standard InChI is InChI=1S/C17H21ClN6OS/c1-4-22-10-19-24(17(22)26)11-23(12(2)3)9-15-20-21-16(25-15)13-5-7-14(18)8-6-13/h5-8,10,12H,4,9,11H2,1-3H3. The van der Waals surface area contributed by atoms with Gasteiger partial charge in [-0.25, -0.2) is 4.68 Å². The molecule has 0 aliphatic heterocycles. The Morgan fingerprint density at radius 3 is 2.58 bits per heavy atom. The van der Waals surface area contributed by atoms with Crippen molar-refractivity contribution in [2.45, 2.75) is 46.6 Å². The van der Waals surface area contributed by atoms with E-state index in [9.17, 15) is 0 Å². The minimum absolute atomic E-state index is 0.259. The van der Waals surface area contributed by atoms with Crippen LogP contribution in [0.2, 0.25) is 5.02 Å². The van der Waals surface area contributed by atoms with E-state index < -0.39 is 0 Å². The monoisotopic (exact) mass is 392 g/mol. The van der Waals surface area contributed by atoms with Crippen molar-refractivity contribution in [3.8, 4) is 11.5 Å². The molecule has 0 aliphatic rings. The van der Waals surface area contributed by atoms with Crippen LogP contribution in [0.4, 0.5) is 0 Å². The Morgan fingerprint density at radius 2 is 1.96 bits per heavy atom. The number of benzene rings is 1. The third-order valence-electron chi connectivity index (χ3n) is 4.08. The van der Waals surface area contributed by atoms with Gasteiger partial charge in [0, 0.05) is 23.2 Å². The summed E-state index contributed by atoms with van der Waals surface area (Å²) in [7, 11) is 0. The van der Waals surface area contributed by atoms with Crippen LogP contribution >= 0.6 is 23.8 Å². The Morgan fingerprint density at radius 1 is 1.23 bits per heavy atom. The first-order valence-corrected chi connectivity index (χ1v) is 9.21. The predicted molar refractivity (Wildman–Crippen MR) is 102 cm³/mol. The lowest BCUT2D eigenvalue weighted by Crippen LogP contribution is -2.33. The lowest BCUT2D eigenvalue weighted by Gasteiger charge is -2.24. The summed E-state index contributed by atoms with van der Waals surface area (Å²) in [5.74, 6) is 1.03. The lowest BCUT2D eigenvalue weighted by atomic mass is 10.2. The lowest BCUT2D eigenvalue weighted by molar-refractivity contribution is 0.139. The van der Waals surface area contributed by atoms with Crippen LogP contribution < -0.4 is 0 Å². The highest BCUT2D eigenvalue weighted by Crippen LogP contribution is 2.21. The number of nitrogens with zero attached hydrogens (tertiary/aromatic N) is 6.